The highest BCUT2D eigenvalue weighted by Crippen LogP contribution is 1.93. The van der Waals surface area contributed by atoms with Gasteiger partial charge in [0.05, 0.1) is 0 Å². The van der Waals surface area contributed by atoms with Gasteiger partial charge in [-0.3, -0.25) is 14.4 Å². The molecule has 1 N–H and O–H groups in total. The summed E-state index contributed by atoms with van der Waals surface area (Å²) in [6.07, 6.45) is 1.73. The molecule has 0 atom stereocenters. The van der Waals surface area contributed by atoms with E-state index in [0.717, 1.165) is 4.90 Å². The fourth-order valence-electron chi connectivity index (χ4n) is 0.652. The molecule has 0 saturated carbocycles. The summed E-state index contributed by atoms with van der Waals surface area (Å²) in [5, 5.41) is 0. The van der Waals surface area contributed by atoms with E-state index in [0.29, 0.717) is 6.54 Å². The minimum absolute atomic E-state index is 0.237. The van der Waals surface area contributed by atoms with Gasteiger partial charge in [-0.2, -0.15) is 0 Å². The predicted molar refractivity (Wildman–Crippen MR) is 45.1 cm³/mol. The predicted octanol–water partition coefficient (Wildman–Crippen LogP) is 0.842. The summed E-state index contributed by atoms with van der Waals surface area (Å²) in [6.45, 7) is 3.52. The van der Waals surface area contributed by atoms with E-state index in [2.05, 4.69) is 4.72 Å². The van der Waals surface area contributed by atoms with E-state index in [9.17, 15) is 9.59 Å². The number of hydrogen-bond donors (Lipinski definition) is 1. The lowest BCUT2D eigenvalue weighted by molar-refractivity contribution is -0.125. The molecule has 0 heterocycles. The lowest BCUT2D eigenvalue weighted by Crippen LogP contribution is -2.39. The van der Waals surface area contributed by atoms with Gasteiger partial charge < -0.3 is 0 Å². The molecule has 4 nitrogen and oxygen atoms in total. The number of carbonyl (C=O) groups excluding carboxylic acids is 2. The second-order valence-electron chi connectivity index (χ2n) is 1.87. The van der Waals surface area contributed by atoms with Gasteiger partial charge >= 0.3 is 6.03 Å². The Morgan fingerprint density at radius 2 is 2.09 bits per heavy atom. The average molecular weight is 176 g/mol. The fourth-order valence-corrected chi connectivity index (χ4v) is 0.936. The SMILES string of the molecule is CCN(C(C)=O)C(=O)NSC. The van der Waals surface area contributed by atoms with E-state index >= 15 is 0 Å². The number of urea groups is 1. The van der Waals surface area contributed by atoms with Crippen LogP contribution in [0.1, 0.15) is 13.8 Å². The Morgan fingerprint density at radius 1 is 1.55 bits per heavy atom. The maximum absolute atomic E-state index is 11.0. The Balaban J connectivity index is 4.03. The number of nitrogens with one attached hydrogen (secondary N) is 1. The molecule has 0 aliphatic heterocycles. The van der Waals surface area contributed by atoms with Gasteiger partial charge in [0.25, 0.3) is 0 Å². The maximum atomic E-state index is 11.0. The smallest absolute Gasteiger partial charge is 0.282 e. The third-order valence-corrected chi connectivity index (χ3v) is 1.51. The third kappa shape index (κ3) is 3.27. The average Bonchev–Trinajstić information content (AvgIpc) is 1.88. The van der Waals surface area contributed by atoms with Gasteiger partial charge in [-0.05, 0) is 6.92 Å². The van der Waals surface area contributed by atoms with Crippen molar-refractivity contribution in [2.24, 2.45) is 0 Å². The van der Waals surface area contributed by atoms with E-state index in [1.54, 1.807) is 13.2 Å². The van der Waals surface area contributed by atoms with Gasteiger partial charge in [0.2, 0.25) is 5.91 Å². The van der Waals surface area contributed by atoms with Crippen LogP contribution in [0.3, 0.4) is 0 Å². The first-order valence-electron chi connectivity index (χ1n) is 3.24. The molecule has 0 bridgehead atoms. The minimum Gasteiger partial charge on any atom is -0.282 e. The normalized spacial score (nSPS) is 9.00. The van der Waals surface area contributed by atoms with Gasteiger partial charge in [0.15, 0.2) is 0 Å². The molecule has 0 aromatic rings. The fraction of sp³-hybridized carbons (Fsp3) is 0.667. The topological polar surface area (TPSA) is 49.4 Å². The van der Waals surface area contributed by atoms with Gasteiger partial charge in [0.1, 0.15) is 0 Å². The van der Waals surface area contributed by atoms with Crippen LogP contribution in [-0.4, -0.2) is 29.6 Å². The molecule has 0 aliphatic rings. The van der Waals surface area contributed by atoms with Crippen LogP contribution in [0.15, 0.2) is 0 Å². The minimum atomic E-state index is -0.354. The molecule has 0 aliphatic carbocycles. The second-order valence-corrected chi connectivity index (χ2v) is 2.49. The van der Waals surface area contributed by atoms with Crippen LogP contribution < -0.4 is 4.72 Å². The number of imide groups is 1. The molecule has 0 saturated heterocycles. The molecule has 0 aromatic carbocycles. The first-order chi connectivity index (χ1) is 5.13. The van der Waals surface area contributed by atoms with Gasteiger partial charge in [0, 0.05) is 19.7 Å². The molecule has 0 fully saturated rings. The van der Waals surface area contributed by atoms with Crippen molar-refractivity contribution in [3.8, 4) is 0 Å². The lowest BCUT2D eigenvalue weighted by Gasteiger charge is -2.15. The highest BCUT2D eigenvalue weighted by atomic mass is 32.2. The molecule has 0 spiro atoms. The molecular formula is C6H12N2O2S. The molecule has 11 heavy (non-hydrogen) atoms. The van der Waals surface area contributed by atoms with Crippen molar-refractivity contribution >= 4 is 23.9 Å². The monoisotopic (exact) mass is 176 g/mol. The molecule has 0 radical (unpaired) electrons. The van der Waals surface area contributed by atoms with E-state index in [-0.39, 0.29) is 11.9 Å². The zero-order valence-electron chi connectivity index (χ0n) is 6.88. The standard InChI is InChI=1S/C6H12N2O2S/c1-4-8(5(2)9)6(10)7-11-3/h4H2,1-3H3,(H,7,10). The van der Waals surface area contributed by atoms with Crippen LogP contribution in [0.5, 0.6) is 0 Å². The largest absolute Gasteiger partial charge is 0.334 e. The van der Waals surface area contributed by atoms with E-state index in [1.165, 1.54) is 18.9 Å². The Hall–Kier alpha value is -0.710. The van der Waals surface area contributed by atoms with Crippen molar-refractivity contribution < 1.29 is 9.59 Å². The second kappa shape index (κ2) is 5.01. The Morgan fingerprint density at radius 3 is 2.36 bits per heavy atom. The van der Waals surface area contributed by atoms with Crippen molar-refractivity contribution in [3.63, 3.8) is 0 Å². The molecular weight excluding hydrogens is 164 g/mol. The van der Waals surface area contributed by atoms with Crippen LogP contribution in [-0.2, 0) is 4.79 Å². The van der Waals surface area contributed by atoms with Crippen molar-refractivity contribution in [3.05, 3.63) is 0 Å². The van der Waals surface area contributed by atoms with Crippen LogP contribution >= 0.6 is 11.9 Å². The first kappa shape index (κ1) is 10.3. The van der Waals surface area contributed by atoms with E-state index < -0.39 is 0 Å². The van der Waals surface area contributed by atoms with Crippen molar-refractivity contribution in [2.45, 2.75) is 13.8 Å². The number of amides is 3. The molecule has 0 rings (SSSR count). The molecule has 5 heteroatoms. The lowest BCUT2D eigenvalue weighted by atomic mass is 10.5. The molecule has 64 valence electrons. The number of hydrogen-bond acceptors (Lipinski definition) is 3. The summed E-state index contributed by atoms with van der Waals surface area (Å²) in [5.41, 5.74) is 0. The van der Waals surface area contributed by atoms with Crippen LogP contribution in [0.4, 0.5) is 4.79 Å². The molecule has 0 unspecified atom stereocenters. The summed E-state index contributed by atoms with van der Waals surface area (Å²) in [7, 11) is 0. The van der Waals surface area contributed by atoms with Gasteiger partial charge in [-0.1, -0.05) is 11.9 Å². The van der Waals surface area contributed by atoms with E-state index in [4.69, 9.17) is 0 Å². The van der Waals surface area contributed by atoms with Crippen LogP contribution in [0.2, 0.25) is 0 Å². The molecule has 0 aromatic heterocycles. The van der Waals surface area contributed by atoms with Crippen molar-refractivity contribution in [1.29, 1.82) is 0 Å². The van der Waals surface area contributed by atoms with Crippen LogP contribution in [0.25, 0.3) is 0 Å². The number of rotatable bonds is 2. The Labute approximate surface area is 70.5 Å². The van der Waals surface area contributed by atoms with Crippen molar-refractivity contribution in [1.82, 2.24) is 9.62 Å². The summed E-state index contributed by atoms with van der Waals surface area (Å²) < 4.78 is 2.46. The summed E-state index contributed by atoms with van der Waals surface area (Å²) in [6, 6.07) is -0.354. The first-order valence-corrected chi connectivity index (χ1v) is 4.47. The maximum Gasteiger partial charge on any atom is 0.334 e. The molecule has 3 amide bonds. The third-order valence-electron chi connectivity index (χ3n) is 1.13. The van der Waals surface area contributed by atoms with Gasteiger partial charge in [-0.15, -0.1) is 0 Å². The Kier molecular flexibility index (Phi) is 4.69. The highest BCUT2D eigenvalue weighted by Gasteiger charge is 2.13. The number of nitrogens with zero attached hydrogens (tertiary/aromatic N) is 1. The van der Waals surface area contributed by atoms with Crippen molar-refractivity contribution in [2.75, 3.05) is 12.8 Å². The van der Waals surface area contributed by atoms with Gasteiger partial charge in [-0.25, -0.2) is 4.79 Å². The van der Waals surface area contributed by atoms with Crippen LogP contribution in [0, 0.1) is 0 Å². The highest BCUT2D eigenvalue weighted by molar-refractivity contribution is 7.97. The zero-order chi connectivity index (χ0) is 8.85. The summed E-state index contributed by atoms with van der Waals surface area (Å²) >= 11 is 1.18. The zero-order valence-corrected chi connectivity index (χ0v) is 7.70. The quantitative estimate of drug-likeness (QED) is 0.634. The number of carbonyl (C=O) groups is 2. The summed E-state index contributed by atoms with van der Waals surface area (Å²) in [5.74, 6) is -0.237. The van der Waals surface area contributed by atoms with E-state index in [1.807, 2.05) is 0 Å². The summed E-state index contributed by atoms with van der Waals surface area (Å²) in [4.78, 5) is 22.9. The Bertz CT molecular complexity index is 161.